The molecule has 0 aliphatic heterocycles. The minimum Gasteiger partial charge on any atom is -0.101 e. The normalized spacial score (nSPS) is 9.10. The van der Waals surface area contributed by atoms with E-state index in [2.05, 4.69) is 47.9 Å². The Morgan fingerprint density at radius 2 is 1.05 bits per heavy atom. The Labute approximate surface area is 128 Å². The molecule has 2 rings (SSSR count). The Hall–Kier alpha value is -1.74. The van der Waals surface area contributed by atoms with Gasteiger partial charge < -0.3 is 0 Å². The van der Waals surface area contributed by atoms with Crippen LogP contribution < -0.4 is 0 Å². The molecule has 20 heavy (non-hydrogen) atoms. The average molecular weight is 294 g/mol. The minimum absolute atomic E-state index is 1.08. The SMILES string of the molecule is CC#Cc1ccccc1SSc1ccccc1C#CC. The van der Waals surface area contributed by atoms with Gasteiger partial charge in [0.15, 0.2) is 0 Å². The van der Waals surface area contributed by atoms with Crippen LogP contribution in [0, 0.1) is 23.7 Å². The first-order valence-electron chi connectivity index (χ1n) is 6.23. The van der Waals surface area contributed by atoms with Crippen LogP contribution in [0.3, 0.4) is 0 Å². The van der Waals surface area contributed by atoms with Crippen molar-refractivity contribution in [1.29, 1.82) is 0 Å². The lowest BCUT2D eigenvalue weighted by molar-refractivity contribution is 1.41. The van der Waals surface area contributed by atoms with Crippen molar-refractivity contribution in [3.8, 4) is 23.7 Å². The van der Waals surface area contributed by atoms with Crippen LogP contribution >= 0.6 is 21.6 Å². The lowest BCUT2D eigenvalue weighted by atomic mass is 10.2. The van der Waals surface area contributed by atoms with Gasteiger partial charge in [0.2, 0.25) is 0 Å². The first-order valence-corrected chi connectivity index (χ1v) is 8.38. The maximum atomic E-state index is 3.14. The summed E-state index contributed by atoms with van der Waals surface area (Å²) >= 11 is 0. The van der Waals surface area contributed by atoms with E-state index < -0.39 is 0 Å². The first kappa shape index (κ1) is 14.7. The molecule has 0 saturated carbocycles. The van der Waals surface area contributed by atoms with Gasteiger partial charge in [-0.2, -0.15) is 0 Å². The number of benzene rings is 2. The molecule has 0 aliphatic carbocycles. The monoisotopic (exact) mass is 294 g/mol. The maximum Gasteiger partial charge on any atom is 0.0389 e. The van der Waals surface area contributed by atoms with Crippen molar-refractivity contribution < 1.29 is 0 Å². The van der Waals surface area contributed by atoms with E-state index in [1.165, 1.54) is 9.79 Å². The van der Waals surface area contributed by atoms with Gasteiger partial charge in [0.1, 0.15) is 0 Å². The Morgan fingerprint density at radius 1 is 0.650 bits per heavy atom. The zero-order valence-electron chi connectivity index (χ0n) is 11.4. The summed E-state index contributed by atoms with van der Waals surface area (Å²) in [6.07, 6.45) is 0. The summed E-state index contributed by atoms with van der Waals surface area (Å²) in [5.74, 6) is 12.2. The van der Waals surface area contributed by atoms with Crippen LogP contribution in [0.4, 0.5) is 0 Å². The molecule has 0 heterocycles. The molecule has 0 fully saturated rings. The van der Waals surface area contributed by atoms with E-state index in [1.807, 2.05) is 38.1 Å². The molecule has 0 atom stereocenters. The van der Waals surface area contributed by atoms with Crippen molar-refractivity contribution >= 4 is 21.6 Å². The van der Waals surface area contributed by atoms with E-state index in [9.17, 15) is 0 Å². The fourth-order valence-electron chi connectivity index (χ4n) is 1.64. The number of hydrogen-bond donors (Lipinski definition) is 0. The Morgan fingerprint density at radius 3 is 1.45 bits per heavy atom. The van der Waals surface area contributed by atoms with E-state index in [4.69, 9.17) is 0 Å². The molecule has 0 amide bonds. The summed E-state index contributed by atoms with van der Waals surface area (Å²) in [7, 11) is 3.45. The molecule has 0 radical (unpaired) electrons. The quantitative estimate of drug-likeness (QED) is 0.561. The second-order valence-corrected chi connectivity index (χ2v) is 6.12. The van der Waals surface area contributed by atoms with Crippen molar-refractivity contribution in [3.63, 3.8) is 0 Å². The molecule has 2 aromatic rings. The summed E-state index contributed by atoms with van der Waals surface area (Å²) in [4.78, 5) is 2.37. The molecule has 0 aliphatic rings. The zero-order valence-corrected chi connectivity index (χ0v) is 13.1. The van der Waals surface area contributed by atoms with Crippen LogP contribution in [0.2, 0.25) is 0 Å². The predicted molar refractivity (Wildman–Crippen MR) is 89.7 cm³/mol. The van der Waals surface area contributed by atoms with Crippen molar-refractivity contribution in [1.82, 2.24) is 0 Å². The Balaban J connectivity index is 2.20. The third-order valence-electron chi connectivity index (χ3n) is 2.51. The van der Waals surface area contributed by atoms with Gasteiger partial charge in [-0.1, -0.05) is 57.7 Å². The molecule has 0 unspecified atom stereocenters. The van der Waals surface area contributed by atoms with Gasteiger partial charge in [-0.3, -0.25) is 0 Å². The van der Waals surface area contributed by atoms with Crippen LogP contribution in [0.15, 0.2) is 58.3 Å². The van der Waals surface area contributed by atoms with Gasteiger partial charge in [-0.25, -0.2) is 0 Å². The fourth-order valence-corrected chi connectivity index (χ4v) is 3.92. The molecular weight excluding hydrogens is 280 g/mol. The highest BCUT2D eigenvalue weighted by molar-refractivity contribution is 8.76. The molecule has 0 saturated heterocycles. The molecule has 0 N–H and O–H groups in total. The lowest BCUT2D eigenvalue weighted by Gasteiger charge is -2.05. The third kappa shape index (κ3) is 3.87. The van der Waals surface area contributed by atoms with Gasteiger partial charge in [0.05, 0.1) is 0 Å². The van der Waals surface area contributed by atoms with Gasteiger partial charge in [-0.15, -0.1) is 11.8 Å². The minimum atomic E-state index is 1.08. The summed E-state index contributed by atoms with van der Waals surface area (Å²) in [6, 6.07) is 16.4. The molecule has 98 valence electrons. The predicted octanol–water partition coefficient (Wildman–Crippen LogP) is 5.23. The van der Waals surface area contributed by atoms with E-state index in [0.29, 0.717) is 0 Å². The van der Waals surface area contributed by atoms with E-state index in [1.54, 1.807) is 21.6 Å². The van der Waals surface area contributed by atoms with Crippen molar-refractivity contribution in [3.05, 3.63) is 59.7 Å². The van der Waals surface area contributed by atoms with Gasteiger partial charge in [0, 0.05) is 20.9 Å². The molecule has 2 heteroatoms. The largest absolute Gasteiger partial charge is 0.101 e. The molecule has 0 bridgehead atoms. The molecule has 0 aromatic heterocycles. The molecule has 2 aromatic carbocycles. The fraction of sp³-hybridized carbons (Fsp3) is 0.111. The van der Waals surface area contributed by atoms with Crippen LogP contribution in [0.1, 0.15) is 25.0 Å². The van der Waals surface area contributed by atoms with E-state index in [-0.39, 0.29) is 0 Å². The third-order valence-corrected chi connectivity index (χ3v) is 5.00. The second kappa shape index (κ2) is 7.75. The number of hydrogen-bond acceptors (Lipinski definition) is 2. The average Bonchev–Trinajstić information content (AvgIpc) is 2.48. The zero-order chi connectivity index (χ0) is 14.2. The highest BCUT2D eigenvalue weighted by atomic mass is 33.1. The first-order chi connectivity index (χ1) is 9.85. The van der Waals surface area contributed by atoms with Crippen molar-refractivity contribution in [2.75, 3.05) is 0 Å². The van der Waals surface area contributed by atoms with Crippen molar-refractivity contribution in [2.45, 2.75) is 23.6 Å². The van der Waals surface area contributed by atoms with Crippen molar-refractivity contribution in [2.24, 2.45) is 0 Å². The molecule has 0 nitrogen and oxygen atoms in total. The van der Waals surface area contributed by atoms with Gasteiger partial charge in [0.25, 0.3) is 0 Å². The standard InChI is InChI=1S/C18H14S2/c1-3-9-15-11-5-7-13-17(15)19-20-18-14-8-6-12-16(18)10-4-2/h5-8,11-14H,1-2H3. The summed E-state index contributed by atoms with van der Waals surface area (Å²) < 4.78 is 0. The van der Waals surface area contributed by atoms with Crippen LogP contribution in [0.25, 0.3) is 0 Å². The highest BCUT2D eigenvalue weighted by Crippen LogP contribution is 2.40. The van der Waals surface area contributed by atoms with Gasteiger partial charge >= 0.3 is 0 Å². The summed E-state index contributed by atoms with van der Waals surface area (Å²) in [6.45, 7) is 3.72. The topological polar surface area (TPSA) is 0 Å². The lowest BCUT2D eigenvalue weighted by Crippen LogP contribution is -1.80. The molecule has 0 spiro atoms. The summed E-state index contributed by atoms with van der Waals surface area (Å²) in [5.41, 5.74) is 2.15. The second-order valence-electron chi connectivity index (χ2n) is 3.91. The van der Waals surface area contributed by atoms with Gasteiger partial charge in [-0.05, 0) is 38.1 Å². The highest BCUT2D eigenvalue weighted by Gasteiger charge is 2.04. The van der Waals surface area contributed by atoms with Crippen LogP contribution in [-0.2, 0) is 0 Å². The Kier molecular flexibility index (Phi) is 5.69. The van der Waals surface area contributed by atoms with E-state index >= 15 is 0 Å². The summed E-state index contributed by atoms with van der Waals surface area (Å²) in [5, 5.41) is 0. The van der Waals surface area contributed by atoms with Crippen LogP contribution in [0.5, 0.6) is 0 Å². The smallest absolute Gasteiger partial charge is 0.0389 e. The number of rotatable bonds is 3. The Bertz CT molecular complexity index is 646. The molecular formula is C18H14S2. The van der Waals surface area contributed by atoms with E-state index in [0.717, 1.165) is 11.1 Å². The van der Waals surface area contributed by atoms with Crippen LogP contribution in [-0.4, -0.2) is 0 Å². The maximum absolute atomic E-state index is 3.14.